The summed E-state index contributed by atoms with van der Waals surface area (Å²) in [6, 6.07) is 19.4. The zero-order chi connectivity index (χ0) is 24.9. The Bertz CT molecular complexity index is 1270. The molecule has 0 radical (unpaired) electrons. The van der Waals surface area contributed by atoms with Crippen LogP contribution in [0.4, 0.5) is 0 Å². The number of carbonyl (C=O) groups is 2. The molecule has 0 amide bonds. The number of hydrogen-bond donors (Lipinski definition) is 1. The van der Waals surface area contributed by atoms with E-state index in [0.29, 0.717) is 17.5 Å². The Morgan fingerprint density at radius 3 is 2.18 bits per heavy atom. The van der Waals surface area contributed by atoms with Crippen LogP contribution < -0.4 is 0 Å². The number of aromatic carboxylic acids is 1. The van der Waals surface area contributed by atoms with Gasteiger partial charge in [0, 0.05) is 6.54 Å². The molecule has 3 aromatic carbocycles. The predicted molar refractivity (Wildman–Crippen MR) is 128 cm³/mol. The van der Waals surface area contributed by atoms with Gasteiger partial charge in [-0.3, -0.25) is 0 Å². The lowest BCUT2D eigenvalue weighted by Crippen LogP contribution is -2.34. The van der Waals surface area contributed by atoms with Crippen LogP contribution in [0, 0.1) is 6.92 Å². The van der Waals surface area contributed by atoms with Crippen molar-refractivity contribution in [3.05, 3.63) is 101 Å². The minimum atomic E-state index is -3.98. The number of ether oxygens (including phenoxy) is 1. The minimum Gasteiger partial charge on any atom is -0.478 e. The van der Waals surface area contributed by atoms with Crippen LogP contribution in [0.1, 0.15) is 56.8 Å². The molecule has 1 atom stereocenters. The van der Waals surface area contributed by atoms with Crippen molar-refractivity contribution in [1.29, 1.82) is 0 Å². The maximum Gasteiger partial charge on any atom is 0.337 e. The van der Waals surface area contributed by atoms with E-state index >= 15 is 0 Å². The molecule has 178 valence electrons. The zero-order valence-corrected chi connectivity index (χ0v) is 20.1. The van der Waals surface area contributed by atoms with E-state index in [2.05, 4.69) is 0 Å². The van der Waals surface area contributed by atoms with E-state index in [9.17, 15) is 23.1 Å². The van der Waals surface area contributed by atoms with Gasteiger partial charge < -0.3 is 9.84 Å². The summed E-state index contributed by atoms with van der Waals surface area (Å²) >= 11 is 0. The van der Waals surface area contributed by atoms with Crippen LogP contribution in [0.5, 0.6) is 0 Å². The van der Waals surface area contributed by atoms with Crippen molar-refractivity contribution in [2.24, 2.45) is 0 Å². The molecule has 7 nitrogen and oxygen atoms in total. The van der Waals surface area contributed by atoms with Crippen molar-refractivity contribution in [3.63, 3.8) is 0 Å². The second-order valence-corrected chi connectivity index (χ2v) is 9.75. The van der Waals surface area contributed by atoms with Crippen LogP contribution in [0.25, 0.3) is 0 Å². The van der Waals surface area contributed by atoms with E-state index in [1.54, 1.807) is 19.1 Å². The van der Waals surface area contributed by atoms with Crippen molar-refractivity contribution < 1.29 is 27.9 Å². The number of aryl methyl sites for hydroxylation is 1. The molecule has 0 aliphatic carbocycles. The summed E-state index contributed by atoms with van der Waals surface area (Å²) in [6.45, 7) is 3.65. The summed E-state index contributed by atoms with van der Waals surface area (Å²) < 4.78 is 33.8. The number of sulfonamides is 1. The molecule has 0 spiro atoms. The smallest absolute Gasteiger partial charge is 0.337 e. The normalized spacial score (nSPS) is 12.4. The Morgan fingerprint density at radius 2 is 1.65 bits per heavy atom. The Hall–Kier alpha value is -3.49. The van der Waals surface area contributed by atoms with Crippen LogP contribution in [0.2, 0.25) is 0 Å². The Kier molecular flexibility index (Phi) is 7.86. The molecule has 0 fully saturated rings. The topological polar surface area (TPSA) is 101 Å². The third kappa shape index (κ3) is 5.35. The number of carboxylic acids is 1. The fraction of sp³-hybridized carbons (Fsp3) is 0.231. The molecule has 34 heavy (non-hydrogen) atoms. The van der Waals surface area contributed by atoms with Gasteiger partial charge in [0.05, 0.1) is 29.2 Å². The van der Waals surface area contributed by atoms with Crippen molar-refractivity contribution in [1.82, 2.24) is 4.31 Å². The van der Waals surface area contributed by atoms with Crippen molar-refractivity contribution >= 4 is 22.0 Å². The second kappa shape index (κ2) is 10.6. The molecule has 0 aliphatic rings. The van der Waals surface area contributed by atoms with Gasteiger partial charge in [0.1, 0.15) is 0 Å². The molecular weight excluding hydrogens is 454 g/mol. The summed E-state index contributed by atoms with van der Waals surface area (Å²) in [4.78, 5) is 23.2. The molecular formula is C26H27NO6S. The lowest BCUT2D eigenvalue weighted by atomic mass is 10.0. The second-order valence-electron chi connectivity index (χ2n) is 7.86. The number of carboxylic acid groups (broad SMARTS) is 1. The molecule has 0 aliphatic heterocycles. The molecule has 0 saturated heterocycles. The molecule has 0 bridgehead atoms. The summed E-state index contributed by atoms with van der Waals surface area (Å²) in [6.07, 6.45) is 0.523. The molecule has 0 saturated carbocycles. The SMILES string of the molecule is CC[C@@H](c1ccccc1)N(Cc1ccc(C(=O)O)c(C)c1)S(=O)(=O)c1ccc(C(=O)OC)cc1. The quantitative estimate of drug-likeness (QED) is 0.440. The van der Waals surface area contributed by atoms with Crippen molar-refractivity contribution in [2.45, 2.75) is 37.8 Å². The fourth-order valence-corrected chi connectivity index (χ4v) is 5.58. The highest BCUT2D eigenvalue weighted by Gasteiger charge is 2.32. The van der Waals surface area contributed by atoms with Gasteiger partial charge in [-0.25, -0.2) is 18.0 Å². The third-order valence-corrected chi connectivity index (χ3v) is 7.53. The van der Waals surface area contributed by atoms with Crippen molar-refractivity contribution in [2.75, 3.05) is 7.11 Å². The highest BCUT2D eigenvalue weighted by Crippen LogP contribution is 2.32. The van der Waals surface area contributed by atoms with E-state index in [4.69, 9.17) is 4.74 Å². The molecule has 0 heterocycles. The van der Waals surface area contributed by atoms with Crippen LogP contribution >= 0.6 is 0 Å². The largest absolute Gasteiger partial charge is 0.478 e. The van der Waals surface area contributed by atoms with Crippen molar-refractivity contribution in [3.8, 4) is 0 Å². The van der Waals surface area contributed by atoms with Gasteiger partial charge in [-0.2, -0.15) is 4.31 Å². The Labute approximate surface area is 199 Å². The van der Waals surface area contributed by atoms with Gasteiger partial charge in [-0.05, 0) is 60.4 Å². The number of esters is 1. The summed E-state index contributed by atoms with van der Waals surface area (Å²) in [5.74, 6) is -1.58. The summed E-state index contributed by atoms with van der Waals surface area (Å²) in [7, 11) is -2.72. The van der Waals surface area contributed by atoms with Crippen LogP contribution in [-0.2, 0) is 21.3 Å². The van der Waals surface area contributed by atoms with Gasteiger partial charge in [-0.15, -0.1) is 0 Å². The number of methoxy groups -OCH3 is 1. The van der Waals surface area contributed by atoms with Crippen LogP contribution in [0.3, 0.4) is 0 Å². The maximum absolute atomic E-state index is 13.8. The Morgan fingerprint density at radius 1 is 1.00 bits per heavy atom. The van der Waals surface area contributed by atoms with E-state index in [1.807, 2.05) is 37.3 Å². The first-order valence-corrected chi connectivity index (χ1v) is 12.2. The highest BCUT2D eigenvalue weighted by molar-refractivity contribution is 7.89. The van der Waals surface area contributed by atoms with Gasteiger partial charge in [0.15, 0.2) is 0 Å². The minimum absolute atomic E-state index is 0.0495. The first-order valence-electron chi connectivity index (χ1n) is 10.8. The molecule has 3 rings (SSSR count). The zero-order valence-electron chi connectivity index (χ0n) is 19.3. The number of rotatable bonds is 9. The summed E-state index contributed by atoms with van der Waals surface area (Å²) in [5.41, 5.74) is 2.50. The van der Waals surface area contributed by atoms with Gasteiger partial charge in [0.25, 0.3) is 0 Å². The van der Waals surface area contributed by atoms with E-state index in [0.717, 1.165) is 5.56 Å². The molecule has 0 aromatic heterocycles. The lowest BCUT2D eigenvalue weighted by molar-refractivity contribution is 0.0599. The first-order chi connectivity index (χ1) is 16.2. The standard InChI is InChI=1S/C26H27NO6S/c1-4-24(20-8-6-5-7-9-20)27(17-19-10-15-23(25(28)29)18(2)16-19)34(31,32)22-13-11-21(12-14-22)26(30)33-3/h5-16,24H,4,17H2,1-3H3,(H,28,29)/t24-/m0/s1. The molecule has 1 N–H and O–H groups in total. The maximum atomic E-state index is 13.8. The predicted octanol–water partition coefficient (Wildman–Crippen LogP) is 4.82. The van der Waals surface area contributed by atoms with Gasteiger partial charge in [0.2, 0.25) is 10.0 Å². The number of hydrogen-bond acceptors (Lipinski definition) is 5. The first kappa shape index (κ1) is 25.1. The van der Waals surface area contributed by atoms with E-state index < -0.39 is 28.0 Å². The van der Waals surface area contributed by atoms with E-state index in [-0.39, 0.29) is 22.6 Å². The Balaban J connectivity index is 2.08. The average Bonchev–Trinajstić information content (AvgIpc) is 2.84. The molecule has 3 aromatic rings. The molecule has 8 heteroatoms. The number of carbonyl (C=O) groups excluding carboxylic acids is 1. The highest BCUT2D eigenvalue weighted by atomic mass is 32.2. The number of benzene rings is 3. The van der Waals surface area contributed by atoms with Crippen LogP contribution in [0.15, 0.2) is 77.7 Å². The third-order valence-electron chi connectivity index (χ3n) is 5.66. The van der Waals surface area contributed by atoms with Gasteiger partial charge in [-0.1, -0.05) is 49.4 Å². The molecule has 0 unspecified atom stereocenters. The number of nitrogens with zero attached hydrogens (tertiary/aromatic N) is 1. The summed E-state index contributed by atoms with van der Waals surface area (Å²) in [5, 5.41) is 9.33. The van der Waals surface area contributed by atoms with E-state index in [1.165, 1.54) is 41.7 Å². The van der Waals surface area contributed by atoms with Crippen LogP contribution in [-0.4, -0.2) is 36.9 Å². The average molecular weight is 482 g/mol. The lowest BCUT2D eigenvalue weighted by Gasteiger charge is -2.31. The van der Waals surface area contributed by atoms with Gasteiger partial charge >= 0.3 is 11.9 Å². The fourth-order valence-electron chi connectivity index (χ4n) is 3.90. The monoisotopic (exact) mass is 481 g/mol.